The van der Waals surface area contributed by atoms with E-state index in [9.17, 15) is 0 Å². The first kappa shape index (κ1) is 10.2. The van der Waals surface area contributed by atoms with Crippen LogP contribution in [0, 0.1) is 0 Å². The van der Waals surface area contributed by atoms with Crippen molar-refractivity contribution in [2.45, 2.75) is 19.8 Å². The monoisotopic (exact) mass is 192 g/mol. The second-order valence-corrected chi connectivity index (χ2v) is 5.29. The summed E-state index contributed by atoms with van der Waals surface area (Å²) in [4.78, 5) is 0. The molecule has 2 aliphatic rings. The Kier molecular flexibility index (Phi) is 2.96. The maximum atomic E-state index is 2.32. The fraction of sp³-hybridized carbons (Fsp3) is 0.231. The van der Waals surface area contributed by atoms with Crippen molar-refractivity contribution in [2.75, 3.05) is 0 Å². The minimum absolute atomic E-state index is 0.609. The van der Waals surface area contributed by atoms with Gasteiger partial charge in [-0.15, -0.1) is 0 Å². The van der Waals surface area contributed by atoms with E-state index >= 15 is 0 Å². The summed E-state index contributed by atoms with van der Waals surface area (Å²) in [5.41, 5.74) is 4.25. The zero-order valence-corrected chi connectivity index (χ0v) is 11.0. The van der Waals surface area contributed by atoms with E-state index in [1.165, 1.54) is 19.5 Å². The average molecular weight is 192 g/mol. The van der Waals surface area contributed by atoms with Crippen LogP contribution in [0.4, 0.5) is 0 Å². The molecule has 0 saturated heterocycles. The molecule has 2 aliphatic carbocycles. The van der Waals surface area contributed by atoms with Crippen LogP contribution in [-0.2, 0) is 0 Å². The minimum atomic E-state index is 0.609. The molecule has 0 fully saturated rings. The number of hydrogen-bond acceptors (Lipinski definition) is 0. The Morgan fingerprint density at radius 3 is 2.57 bits per heavy atom. The van der Waals surface area contributed by atoms with Crippen molar-refractivity contribution < 1.29 is 0 Å². The van der Waals surface area contributed by atoms with Crippen LogP contribution in [0.2, 0.25) is 0 Å². The van der Waals surface area contributed by atoms with Gasteiger partial charge < -0.3 is 0 Å². The van der Waals surface area contributed by atoms with Gasteiger partial charge in [0.05, 0.1) is 0 Å². The molecule has 66 valence electrons. The van der Waals surface area contributed by atoms with Gasteiger partial charge in [-0.05, 0) is 0 Å². The zero-order chi connectivity index (χ0) is 10.1. The van der Waals surface area contributed by atoms with E-state index in [-0.39, 0.29) is 0 Å². The van der Waals surface area contributed by atoms with Gasteiger partial charge in [-0.1, -0.05) is 0 Å². The molecule has 0 nitrogen and oxygen atoms in total. The third-order valence-corrected chi connectivity index (χ3v) is 3.66. The Morgan fingerprint density at radius 2 is 1.86 bits per heavy atom. The van der Waals surface area contributed by atoms with E-state index in [1.54, 1.807) is 0 Å². The fourth-order valence-electron chi connectivity index (χ4n) is 1.82. The number of hydrogen-bond donors (Lipinski definition) is 0. The van der Waals surface area contributed by atoms with Crippen LogP contribution in [0.3, 0.4) is 0 Å². The van der Waals surface area contributed by atoms with Crippen molar-refractivity contribution >= 4 is 30.7 Å². The molecule has 14 heavy (non-hydrogen) atoms. The fourth-order valence-corrected chi connectivity index (χ4v) is 2.44. The van der Waals surface area contributed by atoms with Crippen LogP contribution in [0.5, 0.6) is 0 Å². The van der Waals surface area contributed by atoms with Crippen LogP contribution >= 0.6 is 0 Å². The van der Waals surface area contributed by atoms with E-state index in [4.69, 9.17) is 0 Å². The van der Waals surface area contributed by atoms with Crippen LogP contribution in [0.15, 0.2) is 36.4 Å². The Balaban J connectivity index is 2.60. The SMILES string of the molecule is CC(C)c1cccc2[c]([Na])ccc-2c1. The first-order chi connectivity index (χ1) is 6.68. The van der Waals surface area contributed by atoms with Crippen molar-refractivity contribution in [3.63, 3.8) is 0 Å². The van der Waals surface area contributed by atoms with E-state index in [2.05, 4.69) is 50.2 Å². The summed E-state index contributed by atoms with van der Waals surface area (Å²) >= 11 is 1.14. The number of fused-ring (bicyclic) bond motifs is 1. The van der Waals surface area contributed by atoms with Gasteiger partial charge in [0.25, 0.3) is 0 Å². The second-order valence-electron chi connectivity index (χ2n) is 4.21. The van der Waals surface area contributed by atoms with E-state index < -0.39 is 0 Å². The summed E-state index contributed by atoms with van der Waals surface area (Å²) in [6.45, 7) is 4.48. The molecule has 0 aromatic carbocycles. The zero-order valence-electron chi connectivity index (χ0n) is 9.04. The van der Waals surface area contributed by atoms with Crippen molar-refractivity contribution in [2.24, 2.45) is 0 Å². The van der Waals surface area contributed by atoms with Crippen LogP contribution in [-0.4, -0.2) is 27.9 Å². The van der Waals surface area contributed by atoms with Gasteiger partial charge in [-0.2, -0.15) is 0 Å². The Morgan fingerprint density at radius 1 is 1.07 bits per heavy atom. The van der Waals surface area contributed by atoms with Gasteiger partial charge in [0.1, 0.15) is 0 Å². The first-order valence-corrected chi connectivity index (χ1v) is 6.18. The number of rotatable bonds is 1. The molecule has 0 aliphatic heterocycles. The van der Waals surface area contributed by atoms with E-state index in [0.29, 0.717) is 5.92 Å². The standard InChI is InChI=1S/C13H13.Na/c1-10(2)12-7-3-5-11-6-4-8-13(11)9-12;/h3-5,7-10H,1-2H3;. The molecule has 0 unspecified atom stereocenters. The third-order valence-electron chi connectivity index (χ3n) is 2.79. The second kappa shape index (κ2) is 4.06. The van der Waals surface area contributed by atoms with Gasteiger partial charge in [0, 0.05) is 0 Å². The topological polar surface area (TPSA) is 0 Å². The van der Waals surface area contributed by atoms with Crippen molar-refractivity contribution in [3.05, 3.63) is 42.0 Å². The molecule has 0 amide bonds. The summed E-state index contributed by atoms with van der Waals surface area (Å²) in [7, 11) is 0. The molecule has 0 radical (unpaired) electrons. The molecule has 0 saturated carbocycles. The van der Waals surface area contributed by atoms with Crippen molar-refractivity contribution in [3.8, 4) is 11.1 Å². The predicted molar refractivity (Wildman–Crippen MR) is 62.5 cm³/mol. The van der Waals surface area contributed by atoms with Gasteiger partial charge >= 0.3 is 104 Å². The quantitative estimate of drug-likeness (QED) is 0.609. The van der Waals surface area contributed by atoms with Crippen molar-refractivity contribution in [1.29, 1.82) is 0 Å². The van der Waals surface area contributed by atoms with Crippen LogP contribution in [0.1, 0.15) is 25.3 Å². The van der Waals surface area contributed by atoms with Gasteiger partial charge in [-0.3, -0.25) is 0 Å². The summed E-state index contributed by atoms with van der Waals surface area (Å²) in [6, 6.07) is 13.5. The Hall–Kier alpha value is -0.300. The summed E-state index contributed by atoms with van der Waals surface area (Å²) in [5, 5.41) is 0. The third kappa shape index (κ3) is 1.88. The van der Waals surface area contributed by atoms with E-state index in [1.807, 2.05) is 0 Å². The first-order valence-electron chi connectivity index (χ1n) is 5.18. The maximum absolute atomic E-state index is 2.32. The van der Waals surface area contributed by atoms with Crippen molar-refractivity contribution in [1.82, 2.24) is 0 Å². The molecule has 0 heterocycles. The summed E-state index contributed by atoms with van der Waals surface area (Å²) < 4.78 is 1.51. The predicted octanol–water partition coefficient (Wildman–Crippen LogP) is 2.71. The molecular weight excluding hydrogens is 179 g/mol. The normalized spacial score (nSPS) is 11.2. The Labute approximate surface area is 103 Å². The Bertz CT molecular complexity index is 418. The molecule has 0 atom stereocenters. The molecular formula is C13H13Na. The molecule has 0 aromatic heterocycles. The molecule has 2 rings (SSSR count). The van der Waals surface area contributed by atoms with Crippen LogP contribution < -0.4 is 2.81 Å². The molecule has 0 bridgehead atoms. The van der Waals surface area contributed by atoms with E-state index in [0.717, 1.165) is 27.9 Å². The molecule has 0 aromatic rings. The van der Waals surface area contributed by atoms with Gasteiger partial charge in [-0.25, -0.2) is 0 Å². The average Bonchev–Trinajstić information content (AvgIpc) is 2.40. The molecule has 0 N–H and O–H groups in total. The summed E-state index contributed by atoms with van der Waals surface area (Å²) in [5.74, 6) is 0.609. The van der Waals surface area contributed by atoms with Crippen LogP contribution in [0.25, 0.3) is 11.1 Å². The van der Waals surface area contributed by atoms with Gasteiger partial charge in [0.15, 0.2) is 0 Å². The molecule has 0 spiro atoms. The summed E-state index contributed by atoms with van der Waals surface area (Å²) in [6.07, 6.45) is 0. The van der Waals surface area contributed by atoms with Gasteiger partial charge in [0.2, 0.25) is 0 Å². The molecule has 1 heteroatoms.